The molecular formula is C8H5Cl2NO. The lowest BCUT2D eigenvalue weighted by Gasteiger charge is -1.91. The van der Waals surface area contributed by atoms with Gasteiger partial charge in [-0.15, -0.1) is 0 Å². The lowest BCUT2D eigenvalue weighted by Crippen LogP contribution is -1.70. The van der Waals surface area contributed by atoms with Crippen LogP contribution in [0.15, 0.2) is 16.5 Å². The fourth-order valence-electron chi connectivity index (χ4n) is 1.07. The van der Waals surface area contributed by atoms with Gasteiger partial charge in [0.15, 0.2) is 11.5 Å². The van der Waals surface area contributed by atoms with Gasteiger partial charge in [-0.05, 0) is 12.1 Å². The third kappa shape index (κ3) is 1.17. The van der Waals surface area contributed by atoms with Gasteiger partial charge in [-0.3, -0.25) is 0 Å². The van der Waals surface area contributed by atoms with Crippen molar-refractivity contribution >= 4 is 34.3 Å². The first-order chi connectivity index (χ1) is 5.66. The van der Waals surface area contributed by atoms with Gasteiger partial charge in [-0.2, -0.15) is 0 Å². The van der Waals surface area contributed by atoms with Crippen LogP contribution in [0.3, 0.4) is 0 Å². The molecule has 0 radical (unpaired) electrons. The molecule has 62 valence electrons. The van der Waals surface area contributed by atoms with Crippen LogP contribution in [0.1, 0.15) is 5.89 Å². The summed E-state index contributed by atoms with van der Waals surface area (Å²) in [6, 6.07) is 3.36. The highest BCUT2D eigenvalue weighted by molar-refractivity contribution is 6.37. The molecule has 0 amide bonds. The van der Waals surface area contributed by atoms with Crippen LogP contribution in [0.4, 0.5) is 0 Å². The first-order valence-corrected chi connectivity index (χ1v) is 4.14. The zero-order chi connectivity index (χ0) is 8.72. The maximum Gasteiger partial charge on any atom is 0.192 e. The molecule has 1 aromatic carbocycles. The number of halogens is 2. The number of aromatic nitrogens is 1. The largest absolute Gasteiger partial charge is 0.439 e. The average Bonchev–Trinajstić information content (AvgIpc) is 2.29. The molecule has 4 heteroatoms. The van der Waals surface area contributed by atoms with E-state index in [1.165, 1.54) is 0 Å². The summed E-state index contributed by atoms with van der Waals surface area (Å²) in [5, 5.41) is 1.07. The Kier molecular flexibility index (Phi) is 1.74. The summed E-state index contributed by atoms with van der Waals surface area (Å²) < 4.78 is 5.25. The summed E-state index contributed by atoms with van der Waals surface area (Å²) >= 11 is 11.6. The summed E-state index contributed by atoms with van der Waals surface area (Å²) in [4.78, 5) is 4.10. The fraction of sp³-hybridized carbons (Fsp3) is 0.125. The maximum absolute atomic E-state index is 5.86. The van der Waals surface area contributed by atoms with Crippen molar-refractivity contribution in [3.63, 3.8) is 0 Å². The third-order valence-electron chi connectivity index (χ3n) is 1.52. The highest BCUT2D eigenvalue weighted by Crippen LogP contribution is 2.27. The Bertz CT molecular complexity index is 436. The highest BCUT2D eigenvalue weighted by Gasteiger charge is 2.07. The number of hydrogen-bond acceptors (Lipinski definition) is 2. The molecule has 0 aliphatic rings. The van der Waals surface area contributed by atoms with Gasteiger partial charge in [-0.25, -0.2) is 4.98 Å². The Morgan fingerprint density at radius 1 is 1.33 bits per heavy atom. The molecule has 0 unspecified atom stereocenters. The van der Waals surface area contributed by atoms with E-state index in [9.17, 15) is 0 Å². The molecule has 1 aromatic heterocycles. The summed E-state index contributed by atoms with van der Waals surface area (Å²) in [6.45, 7) is 1.77. The quantitative estimate of drug-likeness (QED) is 0.653. The minimum atomic E-state index is 0.498. The van der Waals surface area contributed by atoms with E-state index >= 15 is 0 Å². The average molecular weight is 202 g/mol. The van der Waals surface area contributed by atoms with Crippen LogP contribution in [0.25, 0.3) is 11.1 Å². The molecule has 0 N–H and O–H groups in total. The normalized spacial score (nSPS) is 10.9. The van der Waals surface area contributed by atoms with Gasteiger partial charge in [0.05, 0.1) is 5.02 Å². The molecule has 2 rings (SSSR count). The van der Waals surface area contributed by atoms with E-state index in [2.05, 4.69) is 4.98 Å². The van der Waals surface area contributed by atoms with E-state index in [0.717, 1.165) is 0 Å². The Balaban J connectivity index is 2.88. The first kappa shape index (κ1) is 7.90. The molecule has 0 spiro atoms. The molecule has 0 aliphatic carbocycles. The monoisotopic (exact) mass is 201 g/mol. The highest BCUT2D eigenvalue weighted by atomic mass is 35.5. The Morgan fingerprint density at radius 2 is 2.08 bits per heavy atom. The number of nitrogens with zero attached hydrogens (tertiary/aromatic N) is 1. The van der Waals surface area contributed by atoms with Crippen LogP contribution in [0.2, 0.25) is 10.0 Å². The Morgan fingerprint density at radius 3 is 2.83 bits per heavy atom. The van der Waals surface area contributed by atoms with Crippen molar-refractivity contribution in [3.8, 4) is 0 Å². The number of hydrogen-bond donors (Lipinski definition) is 0. The SMILES string of the molecule is Cc1nc2cc(Cl)cc(Cl)c2o1. The molecule has 2 aromatic rings. The van der Waals surface area contributed by atoms with Crippen molar-refractivity contribution in [2.24, 2.45) is 0 Å². The summed E-state index contributed by atoms with van der Waals surface area (Å²) in [5.74, 6) is 0.592. The van der Waals surface area contributed by atoms with Crippen LogP contribution in [-0.4, -0.2) is 4.98 Å². The van der Waals surface area contributed by atoms with E-state index in [0.29, 0.717) is 27.0 Å². The van der Waals surface area contributed by atoms with Gasteiger partial charge in [-0.1, -0.05) is 23.2 Å². The van der Waals surface area contributed by atoms with Gasteiger partial charge in [0.25, 0.3) is 0 Å². The molecule has 0 saturated heterocycles. The molecule has 0 atom stereocenters. The number of oxazole rings is 1. The molecule has 0 saturated carbocycles. The summed E-state index contributed by atoms with van der Waals surface area (Å²) in [7, 11) is 0. The number of rotatable bonds is 0. The smallest absolute Gasteiger partial charge is 0.192 e. The van der Waals surface area contributed by atoms with Crippen molar-refractivity contribution < 1.29 is 4.42 Å². The third-order valence-corrected chi connectivity index (χ3v) is 2.02. The van der Waals surface area contributed by atoms with Crippen LogP contribution >= 0.6 is 23.2 Å². The minimum Gasteiger partial charge on any atom is -0.439 e. The van der Waals surface area contributed by atoms with E-state index < -0.39 is 0 Å². The van der Waals surface area contributed by atoms with E-state index in [-0.39, 0.29) is 0 Å². The molecule has 1 heterocycles. The maximum atomic E-state index is 5.86. The van der Waals surface area contributed by atoms with Gasteiger partial charge in [0.1, 0.15) is 5.52 Å². The predicted molar refractivity (Wildman–Crippen MR) is 48.8 cm³/mol. The van der Waals surface area contributed by atoms with Crippen LogP contribution < -0.4 is 0 Å². The number of aryl methyl sites for hydroxylation is 1. The van der Waals surface area contributed by atoms with E-state index in [1.54, 1.807) is 19.1 Å². The summed E-state index contributed by atoms with van der Waals surface area (Å²) in [6.07, 6.45) is 0. The van der Waals surface area contributed by atoms with Crippen molar-refractivity contribution in [1.82, 2.24) is 4.98 Å². The molecule has 0 bridgehead atoms. The van der Waals surface area contributed by atoms with Gasteiger partial charge >= 0.3 is 0 Å². The van der Waals surface area contributed by atoms with E-state index in [4.69, 9.17) is 27.6 Å². The minimum absolute atomic E-state index is 0.498. The number of benzene rings is 1. The molecular weight excluding hydrogens is 197 g/mol. The topological polar surface area (TPSA) is 26.0 Å². The standard InChI is InChI=1S/C8H5Cl2NO/c1-4-11-7-3-5(9)2-6(10)8(7)12-4/h2-3H,1H3. The Hall–Kier alpha value is -0.730. The van der Waals surface area contributed by atoms with Gasteiger partial charge < -0.3 is 4.42 Å². The van der Waals surface area contributed by atoms with Crippen LogP contribution in [-0.2, 0) is 0 Å². The zero-order valence-corrected chi connectivity index (χ0v) is 7.78. The molecule has 0 fully saturated rings. The van der Waals surface area contributed by atoms with Crippen LogP contribution in [0.5, 0.6) is 0 Å². The first-order valence-electron chi connectivity index (χ1n) is 3.39. The molecule has 12 heavy (non-hydrogen) atoms. The van der Waals surface area contributed by atoms with Crippen molar-refractivity contribution in [1.29, 1.82) is 0 Å². The fourth-order valence-corrected chi connectivity index (χ4v) is 1.59. The van der Waals surface area contributed by atoms with Crippen molar-refractivity contribution in [2.75, 3.05) is 0 Å². The van der Waals surface area contributed by atoms with Gasteiger partial charge in [0.2, 0.25) is 0 Å². The second-order valence-corrected chi connectivity index (χ2v) is 3.31. The second-order valence-electron chi connectivity index (χ2n) is 2.47. The van der Waals surface area contributed by atoms with Crippen molar-refractivity contribution in [2.45, 2.75) is 6.92 Å². The molecule has 2 nitrogen and oxygen atoms in total. The Labute approximate surface area is 79.1 Å². The molecule has 0 aliphatic heterocycles. The van der Waals surface area contributed by atoms with Crippen LogP contribution in [0, 0.1) is 6.92 Å². The summed E-state index contributed by atoms with van der Waals surface area (Å²) in [5.41, 5.74) is 1.29. The lowest BCUT2D eigenvalue weighted by atomic mass is 10.3. The van der Waals surface area contributed by atoms with E-state index in [1.807, 2.05) is 0 Å². The second kappa shape index (κ2) is 2.64. The number of fused-ring (bicyclic) bond motifs is 1. The predicted octanol–water partition coefficient (Wildman–Crippen LogP) is 3.44. The van der Waals surface area contributed by atoms with Gasteiger partial charge in [0, 0.05) is 11.9 Å². The van der Waals surface area contributed by atoms with Crippen molar-refractivity contribution in [3.05, 3.63) is 28.1 Å². The lowest BCUT2D eigenvalue weighted by molar-refractivity contribution is 0.561. The zero-order valence-electron chi connectivity index (χ0n) is 6.27.